The molecule has 7 nitrogen and oxygen atoms in total. The number of aliphatic hydroxyl groups is 2. The zero-order valence-electron chi connectivity index (χ0n) is 5.84. The fourth-order valence-corrected chi connectivity index (χ4v) is 0. The molecule has 0 aromatic rings. The second-order valence-corrected chi connectivity index (χ2v) is 1.06. The van der Waals surface area contributed by atoms with Crippen LogP contribution in [0.1, 0.15) is 0 Å². The van der Waals surface area contributed by atoms with Gasteiger partial charge < -0.3 is 35.5 Å². The third-order valence-electron chi connectivity index (χ3n) is 0.258. The first-order chi connectivity index (χ1) is 4.54. The zero-order valence-corrected chi connectivity index (χ0v) is 8.39. The van der Waals surface area contributed by atoms with E-state index in [0.29, 0.717) is 0 Å². The predicted octanol–water partition coefficient (Wildman–Crippen LogP) is -5.10. The van der Waals surface area contributed by atoms with Crippen molar-refractivity contribution < 1.29 is 35.5 Å². The molecule has 0 atom stereocenters. The summed E-state index contributed by atoms with van der Waals surface area (Å²) in [5.41, 5.74) is 0. The summed E-state index contributed by atoms with van der Waals surface area (Å²) >= 11 is 0. The Morgan fingerprint density at radius 3 is 1.08 bits per heavy atom. The van der Waals surface area contributed by atoms with Gasteiger partial charge in [0, 0.05) is 0 Å². The number of hydrogen-bond acceptors (Lipinski definition) is 7. The molecule has 2 radical (unpaired) electrons. The number of hydrogen-bond donors (Lipinski definition) is 2. The van der Waals surface area contributed by atoms with Crippen molar-refractivity contribution in [3.8, 4) is 0 Å². The molecule has 0 fully saturated rings. The van der Waals surface area contributed by atoms with Crippen molar-refractivity contribution in [3.63, 3.8) is 0 Å². The summed E-state index contributed by atoms with van der Waals surface area (Å²) in [5.74, 6) is -2.88. The molecular formula is C4H7O7Sb. The molecule has 12 heavy (non-hydrogen) atoms. The molecule has 0 heterocycles. The normalized spacial score (nSPS) is 6.17. The number of carbonyl (C=O) groups excluding carboxylic acids is 2. The Labute approximate surface area is 85.4 Å². The number of carbonyl (C=O) groups is 2. The van der Waals surface area contributed by atoms with E-state index in [0.717, 1.165) is 0 Å². The standard InChI is InChI=1S/2C2H4O3.H2O.Sb/c2*3-1-2(4)5;;/h2*3H,1H2,(H,4,5);1H2;/q;;;+3/p-3. The van der Waals surface area contributed by atoms with Crippen molar-refractivity contribution in [2.24, 2.45) is 0 Å². The molecule has 3 N–H and O–H groups in total. The molecule has 70 valence electrons. The van der Waals surface area contributed by atoms with Crippen molar-refractivity contribution in [1.82, 2.24) is 0 Å². The Balaban J connectivity index is -0.0000000457. The average molecular weight is 289 g/mol. The second-order valence-electron chi connectivity index (χ2n) is 1.06. The third kappa shape index (κ3) is 54.3. The summed E-state index contributed by atoms with van der Waals surface area (Å²) in [6, 6.07) is 0. The van der Waals surface area contributed by atoms with Crippen LogP contribution < -0.4 is 10.2 Å². The van der Waals surface area contributed by atoms with E-state index in [2.05, 4.69) is 0 Å². The second kappa shape index (κ2) is 16.9. The van der Waals surface area contributed by atoms with Gasteiger partial charge in [0.1, 0.15) is 0 Å². The van der Waals surface area contributed by atoms with Crippen LogP contribution in [-0.4, -0.2) is 65.3 Å². The van der Waals surface area contributed by atoms with Crippen molar-refractivity contribution in [1.29, 1.82) is 0 Å². The van der Waals surface area contributed by atoms with Gasteiger partial charge >= 0.3 is 24.4 Å². The van der Waals surface area contributed by atoms with Crippen LogP contribution in [0.15, 0.2) is 0 Å². The van der Waals surface area contributed by atoms with Gasteiger partial charge in [0.15, 0.2) is 0 Å². The summed E-state index contributed by atoms with van der Waals surface area (Å²) < 4.78 is 0. The fraction of sp³-hybridized carbons (Fsp3) is 0.500. The van der Waals surface area contributed by atoms with E-state index in [9.17, 15) is 0 Å². The van der Waals surface area contributed by atoms with E-state index in [1.807, 2.05) is 0 Å². The molecule has 0 saturated carbocycles. The van der Waals surface area contributed by atoms with Crippen molar-refractivity contribution in [2.45, 2.75) is 0 Å². The van der Waals surface area contributed by atoms with Gasteiger partial charge in [-0.3, -0.25) is 0 Å². The van der Waals surface area contributed by atoms with Crippen LogP contribution in [0.25, 0.3) is 0 Å². The number of aliphatic hydroxyl groups excluding tert-OH is 2. The minimum atomic E-state index is -1.44. The Hall–Kier alpha value is -0.362. The first-order valence-corrected chi connectivity index (χ1v) is 2.16. The van der Waals surface area contributed by atoms with Crippen LogP contribution in [0.2, 0.25) is 0 Å². The minimum absolute atomic E-state index is 0. The Kier molecular flexibility index (Phi) is 31.9. The quantitative estimate of drug-likeness (QED) is 0.482. The van der Waals surface area contributed by atoms with E-state index >= 15 is 0 Å². The molecule has 0 unspecified atom stereocenters. The number of carboxylic acid groups (broad SMARTS) is 2. The Morgan fingerprint density at radius 2 is 1.08 bits per heavy atom. The van der Waals surface area contributed by atoms with Gasteiger partial charge in [-0.05, 0) is 0 Å². The maximum absolute atomic E-state index is 9.01. The molecule has 8 heteroatoms. The zero-order chi connectivity index (χ0) is 8.57. The topological polar surface area (TPSA) is 151 Å². The predicted molar refractivity (Wildman–Crippen MR) is 31.9 cm³/mol. The van der Waals surface area contributed by atoms with Crippen molar-refractivity contribution in [3.05, 3.63) is 0 Å². The summed E-state index contributed by atoms with van der Waals surface area (Å²) in [6.45, 7) is -1.78. The molecule has 0 aliphatic carbocycles. The van der Waals surface area contributed by atoms with E-state index in [-0.39, 0.29) is 29.9 Å². The molecule has 0 aromatic carbocycles. The average Bonchev–Trinajstić information content (AvgIpc) is 1.89. The van der Waals surface area contributed by atoms with E-state index < -0.39 is 25.2 Å². The summed E-state index contributed by atoms with van der Waals surface area (Å²) in [5, 5.41) is 33.0. The molecule has 0 rings (SSSR count). The van der Waals surface area contributed by atoms with Gasteiger partial charge in [0.05, 0.1) is 25.2 Å². The van der Waals surface area contributed by atoms with Gasteiger partial charge in [0.25, 0.3) is 0 Å². The first-order valence-electron chi connectivity index (χ1n) is 2.16. The Bertz CT molecular complexity index is 100.0. The van der Waals surface area contributed by atoms with Crippen molar-refractivity contribution >= 4 is 36.4 Å². The number of carboxylic acids is 2. The molecule has 0 saturated heterocycles. The smallest absolute Gasteiger partial charge is 0.870 e. The molecule has 0 aliphatic rings. The molecule has 0 aromatic heterocycles. The van der Waals surface area contributed by atoms with Gasteiger partial charge in [-0.2, -0.15) is 0 Å². The van der Waals surface area contributed by atoms with Crippen LogP contribution in [0.5, 0.6) is 0 Å². The van der Waals surface area contributed by atoms with Crippen LogP contribution in [-0.2, 0) is 9.59 Å². The molecule has 0 aliphatic heterocycles. The maximum Gasteiger partial charge on any atom is 3.00 e. The van der Waals surface area contributed by atoms with Gasteiger partial charge in [0.2, 0.25) is 0 Å². The SMILES string of the molecule is O=C([O-])CO.O=C([O-])CO.[OH-].[Sb+3]. The fourth-order valence-electron chi connectivity index (χ4n) is 0. The molecule has 0 spiro atoms. The summed E-state index contributed by atoms with van der Waals surface area (Å²) in [6.07, 6.45) is 0. The minimum Gasteiger partial charge on any atom is -0.870 e. The van der Waals surface area contributed by atoms with Crippen LogP contribution in [0, 0.1) is 0 Å². The van der Waals surface area contributed by atoms with Crippen LogP contribution >= 0.6 is 0 Å². The first kappa shape index (κ1) is 22.6. The summed E-state index contributed by atoms with van der Waals surface area (Å²) in [7, 11) is 0. The summed E-state index contributed by atoms with van der Waals surface area (Å²) in [4.78, 5) is 18.0. The number of aliphatic carboxylic acids is 2. The van der Waals surface area contributed by atoms with Gasteiger partial charge in [-0.1, -0.05) is 0 Å². The van der Waals surface area contributed by atoms with Gasteiger partial charge in [-0.15, -0.1) is 0 Å². The Morgan fingerprint density at radius 1 is 1.00 bits per heavy atom. The van der Waals surface area contributed by atoms with Crippen LogP contribution in [0.4, 0.5) is 0 Å². The molecular weight excluding hydrogens is 282 g/mol. The van der Waals surface area contributed by atoms with E-state index in [4.69, 9.17) is 30.0 Å². The van der Waals surface area contributed by atoms with E-state index in [1.54, 1.807) is 0 Å². The van der Waals surface area contributed by atoms with Crippen LogP contribution in [0.3, 0.4) is 0 Å². The monoisotopic (exact) mass is 288 g/mol. The molecule has 0 bridgehead atoms. The largest absolute Gasteiger partial charge is 3.00 e. The van der Waals surface area contributed by atoms with Crippen molar-refractivity contribution in [2.75, 3.05) is 13.2 Å². The van der Waals surface area contributed by atoms with Gasteiger partial charge in [-0.25, -0.2) is 0 Å². The molecule has 0 amide bonds. The van der Waals surface area contributed by atoms with E-state index in [1.165, 1.54) is 0 Å². The third-order valence-corrected chi connectivity index (χ3v) is 0.258. The maximum atomic E-state index is 9.01. The number of rotatable bonds is 2.